The number of para-hydroxylation sites is 1. The maximum Gasteiger partial charge on any atom is 0.238 e. The molecule has 120 valence electrons. The summed E-state index contributed by atoms with van der Waals surface area (Å²) in [7, 11) is 0. The van der Waals surface area contributed by atoms with Crippen LogP contribution in [0.1, 0.15) is 0 Å². The highest BCUT2D eigenvalue weighted by Gasteiger charge is 2.23. The third-order valence-corrected chi connectivity index (χ3v) is 6.27. The molecule has 6 heteroatoms. The van der Waals surface area contributed by atoms with Gasteiger partial charge in [0.15, 0.2) is 5.75 Å². The first kappa shape index (κ1) is 16.6. The van der Waals surface area contributed by atoms with Crippen LogP contribution >= 0.6 is 35.1 Å². The van der Waals surface area contributed by atoms with Crippen molar-refractivity contribution in [1.29, 1.82) is 0 Å². The van der Waals surface area contributed by atoms with Gasteiger partial charge in [-0.05, 0) is 30.3 Å². The van der Waals surface area contributed by atoms with Crippen molar-refractivity contribution in [2.75, 3.05) is 22.6 Å². The second-order valence-corrected chi connectivity index (χ2v) is 7.88. The molecule has 1 amide bonds. The van der Waals surface area contributed by atoms with E-state index in [2.05, 4.69) is 5.32 Å². The summed E-state index contributed by atoms with van der Waals surface area (Å²) in [4.78, 5) is 12.4. The molecule has 3 nitrogen and oxygen atoms in total. The minimum atomic E-state index is -0.0303. The van der Waals surface area contributed by atoms with Crippen LogP contribution in [0.25, 0.3) is 0 Å². The van der Waals surface area contributed by atoms with Crippen molar-refractivity contribution in [2.24, 2.45) is 0 Å². The smallest absolute Gasteiger partial charge is 0.238 e. The van der Waals surface area contributed by atoms with Crippen LogP contribution in [0.5, 0.6) is 11.5 Å². The maximum absolute atomic E-state index is 12.4. The molecule has 1 N–H and O–H groups in total. The molecule has 0 radical (unpaired) electrons. The van der Waals surface area contributed by atoms with E-state index in [4.69, 9.17) is 16.3 Å². The van der Waals surface area contributed by atoms with Crippen LogP contribution in [-0.4, -0.2) is 28.4 Å². The summed E-state index contributed by atoms with van der Waals surface area (Å²) in [5.74, 6) is 4.25. The van der Waals surface area contributed by atoms with Crippen molar-refractivity contribution >= 4 is 46.7 Å². The number of halogens is 1. The Hall–Kier alpha value is -1.30. The molecule has 1 heterocycles. The summed E-state index contributed by atoms with van der Waals surface area (Å²) in [6.07, 6.45) is 0. The lowest BCUT2D eigenvalue weighted by molar-refractivity contribution is -0.115. The van der Waals surface area contributed by atoms with Crippen molar-refractivity contribution in [3.05, 3.63) is 53.6 Å². The molecule has 0 saturated carbocycles. The molecule has 0 spiro atoms. The molecule has 1 saturated heterocycles. The Morgan fingerprint density at radius 2 is 2.00 bits per heavy atom. The topological polar surface area (TPSA) is 38.3 Å². The Bertz CT molecular complexity index is 676. The second kappa shape index (κ2) is 7.99. The van der Waals surface area contributed by atoms with Gasteiger partial charge >= 0.3 is 0 Å². The Labute approximate surface area is 149 Å². The van der Waals surface area contributed by atoms with Crippen LogP contribution < -0.4 is 10.1 Å². The van der Waals surface area contributed by atoms with Crippen molar-refractivity contribution < 1.29 is 9.53 Å². The molecule has 1 fully saturated rings. The Kier molecular flexibility index (Phi) is 5.75. The van der Waals surface area contributed by atoms with Gasteiger partial charge in [-0.25, -0.2) is 0 Å². The van der Waals surface area contributed by atoms with Crippen molar-refractivity contribution in [3.8, 4) is 11.5 Å². The minimum absolute atomic E-state index is 0.00220. The third-order valence-electron chi connectivity index (χ3n) is 3.28. The summed E-state index contributed by atoms with van der Waals surface area (Å²) in [6, 6.07) is 14.7. The lowest BCUT2D eigenvalue weighted by Crippen LogP contribution is -2.30. The first-order chi connectivity index (χ1) is 11.2. The van der Waals surface area contributed by atoms with Crippen LogP contribution in [-0.2, 0) is 4.79 Å². The quantitative estimate of drug-likeness (QED) is 0.834. The summed E-state index contributed by atoms with van der Waals surface area (Å²) in [5.41, 5.74) is 0.600. The highest BCUT2D eigenvalue weighted by molar-refractivity contribution is 8.07. The normalized spacial score (nSPS) is 17.5. The van der Waals surface area contributed by atoms with E-state index in [0.29, 0.717) is 22.2 Å². The van der Waals surface area contributed by atoms with E-state index in [0.717, 1.165) is 17.3 Å². The molecular formula is C17H16ClNO2S2. The first-order valence-corrected chi connectivity index (χ1v) is 9.83. The highest BCUT2D eigenvalue weighted by Crippen LogP contribution is 2.33. The fourth-order valence-electron chi connectivity index (χ4n) is 2.16. The van der Waals surface area contributed by atoms with E-state index >= 15 is 0 Å². The molecule has 0 aromatic heterocycles. The van der Waals surface area contributed by atoms with Gasteiger partial charge < -0.3 is 10.1 Å². The Morgan fingerprint density at radius 1 is 1.17 bits per heavy atom. The number of hydrogen-bond acceptors (Lipinski definition) is 4. The highest BCUT2D eigenvalue weighted by atomic mass is 35.5. The van der Waals surface area contributed by atoms with Crippen molar-refractivity contribution in [1.82, 2.24) is 0 Å². The van der Waals surface area contributed by atoms with Gasteiger partial charge in [-0.3, -0.25) is 4.79 Å². The molecule has 1 unspecified atom stereocenters. The molecule has 1 aliphatic heterocycles. The van der Waals surface area contributed by atoms with Gasteiger partial charge in [-0.15, -0.1) is 11.8 Å². The van der Waals surface area contributed by atoms with Gasteiger partial charge in [-0.2, -0.15) is 11.8 Å². The standard InChI is InChI=1S/C17H16ClNO2S2/c18-12-6-7-15(21-13-4-2-1-3-5-13)14(10-12)19-17(20)16-11-22-8-9-23-16/h1-7,10,16H,8-9,11H2,(H,19,20). The van der Waals surface area contributed by atoms with Gasteiger partial charge in [-0.1, -0.05) is 29.8 Å². The average molecular weight is 366 g/mol. The minimum Gasteiger partial charge on any atom is -0.455 e. The van der Waals surface area contributed by atoms with E-state index in [1.165, 1.54) is 0 Å². The predicted octanol–water partition coefficient (Wildman–Crippen LogP) is 4.92. The van der Waals surface area contributed by atoms with E-state index < -0.39 is 0 Å². The summed E-state index contributed by atoms with van der Waals surface area (Å²) in [5, 5.41) is 3.49. The van der Waals surface area contributed by atoms with Gasteiger partial charge in [0.25, 0.3) is 0 Å². The predicted molar refractivity (Wildman–Crippen MR) is 100 cm³/mol. The third kappa shape index (κ3) is 4.59. The zero-order chi connectivity index (χ0) is 16.1. The van der Waals surface area contributed by atoms with Gasteiger partial charge in [0.2, 0.25) is 5.91 Å². The molecular weight excluding hydrogens is 350 g/mol. The number of rotatable bonds is 4. The number of amides is 1. The molecule has 0 bridgehead atoms. The van der Waals surface area contributed by atoms with Crippen LogP contribution in [0.15, 0.2) is 48.5 Å². The molecule has 0 aliphatic carbocycles. The molecule has 1 aliphatic rings. The van der Waals surface area contributed by atoms with E-state index in [1.807, 2.05) is 42.1 Å². The Balaban J connectivity index is 1.77. The zero-order valence-corrected chi connectivity index (χ0v) is 14.7. The molecule has 23 heavy (non-hydrogen) atoms. The fraction of sp³-hybridized carbons (Fsp3) is 0.235. The number of anilines is 1. The van der Waals surface area contributed by atoms with Crippen LogP contribution in [0, 0.1) is 0 Å². The Morgan fingerprint density at radius 3 is 2.74 bits per heavy atom. The number of thioether (sulfide) groups is 2. The molecule has 2 aromatic rings. The molecule has 1 atom stereocenters. The van der Waals surface area contributed by atoms with E-state index in [-0.39, 0.29) is 11.2 Å². The lowest BCUT2D eigenvalue weighted by atomic mass is 10.2. The van der Waals surface area contributed by atoms with Crippen LogP contribution in [0.4, 0.5) is 5.69 Å². The average Bonchev–Trinajstić information content (AvgIpc) is 2.59. The second-order valence-electron chi connectivity index (χ2n) is 4.98. The lowest BCUT2D eigenvalue weighted by Gasteiger charge is -2.21. The summed E-state index contributed by atoms with van der Waals surface area (Å²) < 4.78 is 5.87. The van der Waals surface area contributed by atoms with E-state index in [9.17, 15) is 4.79 Å². The van der Waals surface area contributed by atoms with Crippen molar-refractivity contribution in [2.45, 2.75) is 5.25 Å². The van der Waals surface area contributed by atoms with Crippen molar-refractivity contribution in [3.63, 3.8) is 0 Å². The number of carbonyl (C=O) groups is 1. The van der Waals surface area contributed by atoms with Crippen LogP contribution in [0.3, 0.4) is 0 Å². The fourth-order valence-corrected chi connectivity index (χ4v) is 4.89. The SMILES string of the molecule is O=C(Nc1cc(Cl)ccc1Oc1ccccc1)C1CSCCS1. The first-order valence-electron chi connectivity index (χ1n) is 7.25. The maximum atomic E-state index is 12.4. The zero-order valence-electron chi connectivity index (χ0n) is 12.3. The summed E-state index contributed by atoms with van der Waals surface area (Å²) >= 11 is 9.58. The monoisotopic (exact) mass is 365 g/mol. The van der Waals surface area contributed by atoms with Gasteiger partial charge in [0, 0.05) is 22.3 Å². The van der Waals surface area contributed by atoms with Crippen LogP contribution in [0.2, 0.25) is 5.02 Å². The number of hydrogen-bond donors (Lipinski definition) is 1. The van der Waals surface area contributed by atoms with Gasteiger partial charge in [0.1, 0.15) is 5.75 Å². The largest absolute Gasteiger partial charge is 0.455 e. The van der Waals surface area contributed by atoms with Gasteiger partial charge in [0.05, 0.1) is 10.9 Å². The summed E-state index contributed by atoms with van der Waals surface area (Å²) in [6.45, 7) is 0. The molecule has 2 aromatic carbocycles. The number of ether oxygens (including phenoxy) is 1. The molecule has 3 rings (SSSR count). The number of nitrogens with one attached hydrogen (secondary N) is 1. The van der Waals surface area contributed by atoms with E-state index in [1.54, 1.807) is 30.0 Å². The number of benzene rings is 2. The number of carbonyl (C=O) groups excluding carboxylic acids is 1.